The molecule has 0 saturated heterocycles. The largest absolute Gasteiger partial charge is 0.387 e. The van der Waals surface area contributed by atoms with Crippen molar-refractivity contribution in [1.29, 1.82) is 0 Å². The molecule has 1 N–H and O–H groups in total. The van der Waals surface area contributed by atoms with Crippen molar-refractivity contribution in [1.82, 2.24) is 14.8 Å². The molecule has 4 nitrogen and oxygen atoms in total. The van der Waals surface area contributed by atoms with E-state index in [2.05, 4.69) is 10.1 Å². The zero-order valence-corrected chi connectivity index (χ0v) is 13.9. The quantitative estimate of drug-likeness (QED) is 0.853. The van der Waals surface area contributed by atoms with Crippen LogP contribution in [0.25, 0.3) is 0 Å². The van der Waals surface area contributed by atoms with E-state index in [-0.39, 0.29) is 17.2 Å². The van der Waals surface area contributed by atoms with Gasteiger partial charge in [-0.2, -0.15) is 5.10 Å². The predicted octanol–water partition coefficient (Wildman–Crippen LogP) is 3.05. The molecule has 0 aliphatic heterocycles. The monoisotopic (exact) mass is 337 g/mol. The molecular weight excluding hydrogens is 317 g/mol. The fourth-order valence-corrected chi connectivity index (χ4v) is 4.05. The third-order valence-corrected chi connectivity index (χ3v) is 5.91. The summed E-state index contributed by atoms with van der Waals surface area (Å²) >= 11 is 6.21. The van der Waals surface area contributed by atoms with Crippen LogP contribution < -0.4 is 0 Å². The molecule has 3 atom stereocenters. The van der Waals surface area contributed by atoms with E-state index >= 15 is 0 Å². The molecule has 1 aliphatic rings. The van der Waals surface area contributed by atoms with Crippen LogP contribution in [0, 0.1) is 17.2 Å². The van der Waals surface area contributed by atoms with Crippen LogP contribution in [0.4, 0.5) is 4.39 Å². The molecular formula is C17H21ClFN3O. The third kappa shape index (κ3) is 3.00. The number of benzene rings is 1. The Morgan fingerprint density at radius 3 is 2.74 bits per heavy atom. The number of alkyl halides is 1. The summed E-state index contributed by atoms with van der Waals surface area (Å²) < 4.78 is 14.8. The van der Waals surface area contributed by atoms with Crippen LogP contribution in [0.1, 0.15) is 25.3 Å². The van der Waals surface area contributed by atoms with Gasteiger partial charge in [-0.1, -0.05) is 19.1 Å². The van der Waals surface area contributed by atoms with Crippen LogP contribution in [0.3, 0.4) is 0 Å². The van der Waals surface area contributed by atoms with Crippen molar-refractivity contribution in [2.45, 2.75) is 38.3 Å². The minimum atomic E-state index is -0.975. The SMILES string of the molecule is C[C@@]1(CCl)CC[C@H](Cc2ccc(F)cc2)C1(O)Cn1cncn1. The summed E-state index contributed by atoms with van der Waals surface area (Å²) in [5.74, 6) is 0.183. The molecule has 1 saturated carbocycles. The van der Waals surface area contributed by atoms with Gasteiger partial charge in [-0.05, 0) is 42.9 Å². The van der Waals surface area contributed by atoms with Crippen molar-refractivity contribution in [2.75, 3.05) is 5.88 Å². The lowest BCUT2D eigenvalue weighted by molar-refractivity contribution is -0.0891. The van der Waals surface area contributed by atoms with Gasteiger partial charge in [0.15, 0.2) is 0 Å². The Morgan fingerprint density at radius 1 is 1.39 bits per heavy atom. The van der Waals surface area contributed by atoms with Gasteiger partial charge in [0, 0.05) is 11.3 Å². The highest BCUT2D eigenvalue weighted by Crippen LogP contribution is 2.52. The number of hydrogen-bond acceptors (Lipinski definition) is 3. The molecule has 0 amide bonds. The van der Waals surface area contributed by atoms with E-state index in [0.717, 1.165) is 18.4 Å². The van der Waals surface area contributed by atoms with Gasteiger partial charge < -0.3 is 5.11 Å². The summed E-state index contributed by atoms with van der Waals surface area (Å²) in [7, 11) is 0. The lowest BCUT2D eigenvalue weighted by atomic mass is 9.72. The molecule has 6 heteroatoms. The summed E-state index contributed by atoms with van der Waals surface area (Å²) in [5, 5.41) is 15.6. The van der Waals surface area contributed by atoms with Gasteiger partial charge in [0.2, 0.25) is 0 Å². The van der Waals surface area contributed by atoms with Crippen LogP contribution >= 0.6 is 11.6 Å². The van der Waals surface area contributed by atoms with Gasteiger partial charge in [-0.15, -0.1) is 11.6 Å². The molecule has 1 aliphatic carbocycles. The second-order valence-electron chi connectivity index (χ2n) is 6.78. The molecule has 0 bridgehead atoms. The number of nitrogens with zero attached hydrogens (tertiary/aromatic N) is 3. The van der Waals surface area contributed by atoms with Crippen LogP contribution in [0.5, 0.6) is 0 Å². The van der Waals surface area contributed by atoms with Crippen LogP contribution in [-0.2, 0) is 13.0 Å². The molecule has 3 rings (SSSR count). The average Bonchev–Trinajstić information content (AvgIpc) is 3.12. The molecule has 1 aromatic heterocycles. The van der Waals surface area contributed by atoms with Crippen molar-refractivity contribution in [3.8, 4) is 0 Å². The minimum Gasteiger partial charge on any atom is -0.387 e. The van der Waals surface area contributed by atoms with Crippen molar-refractivity contribution in [2.24, 2.45) is 11.3 Å². The molecule has 124 valence electrons. The highest BCUT2D eigenvalue weighted by molar-refractivity contribution is 6.18. The standard InChI is InChI=1S/C17H21ClFN3O/c1-16(9-18)7-6-14(8-13-2-4-15(19)5-3-13)17(16,23)10-22-12-20-11-21-22/h2-5,11-12,14,23H,6-10H2,1H3/t14-,16+,17?/m1/s1. The van der Waals surface area contributed by atoms with Gasteiger partial charge in [0.25, 0.3) is 0 Å². The van der Waals surface area contributed by atoms with Crippen LogP contribution in [0.2, 0.25) is 0 Å². The van der Waals surface area contributed by atoms with Crippen molar-refractivity contribution >= 4 is 11.6 Å². The van der Waals surface area contributed by atoms with Crippen LogP contribution in [0.15, 0.2) is 36.9 Å². The zero-order valence-electron chi connectivity index (χ0n) is 13.1. The highest BCUT2D eigenvalue weighted by Gasteiger charge is 2.56. The Labute approximate surface area is 140 Å². The Hall–Kier alpha value is -1.46. The summed E-state index contributed by atoms with van der Waals surface area (Å²) in [6.07, 6.45) is 5.50. The number of rotatable bonds is 5. The second kappa shape index (κ2) is 6.21. The first-order valence-electron chi connectivity index (χ1n) is 7.82. The lowest BCUT2D eigenvalue weighted by Crippen LogP contribution is -2.51. The number of hydrogen-bond donors (Lipinski definition) is 1. The Bertz CT molecular complexity index is 648. The molecule has 2 aromatic rings. The molecule has 23 heavy (non-hydrogen) atoms. The van der Waals surface area contributed by atoms with E-state index in [9.17, 15) is 9.50 Å². The third-order valence-electron chi connectivity index (χ3n) is 5.33. The molecule has 0 spiro atoms. The van der Waals surface area contributed by atoms with Gasteiger partial charge >= 0.3 is 0 Å². The summed E-state index contributed by atoms with van der Waals surface area (Å²) in [5.41, 5.74) is -0.338. The first-order chi connectivity index (χ1) is 11.0. The predicted molar refractivity (Wildman–Crippen MR) is 86.6 cm³/mol. The molecule has 1 heterocycles. The summed E-state index contributed by atoms with van der Waals surface area (Å²) in [4.78, 5) is 3.95. The van der Waals surface area contributed by atoms with Crippen molar-refractivity contribution < 1.29 is 9.50 Å². The molecule has 1 aromatic carbocycles. The lowest BCUT2D eigenvalue weighted by Gasteiger charge is -2.42. The Balaban J connectivity index is 1.87. The maximum atomic E-state index is 13.1. The van der Waals surface area contributed by atoms with Gasteiger partial charge in [0.05, 0.1) is 12.1 Å². The molecule has 1 unspecified atom stereocenters. The number of aliphatic hydroxyl groups is 1. The Kier molecular flexibility index (Phi) is 4.43. The molecule has 1 fully saturated rings. The fourth-order valence-electron chi connectivity index (χ4n) is 3.68. The normalized spacial score (nSPS) is 30.7. The van der Waals surface area contributed by atoms with Crippen molar-refractivity contribution in [3.63, 3.8) is 0 Å². The first-order valence-corrected chi connectivity index (χ1v) is 8.35. The van der Waals surface area contributed by atoms with E-state index < -0.39 is 5.60 Å². The van der Waals surface area contributed by atoms with Crippen LogP contribution in [-0.4, -0.2) is 31.4 Å². The van der Waals surface area contributed by atoms with E-state index in [1.54, 1.807) is 23.1 Å². The average molecular weight is 338 g/mol. The second-order valence-corrected chi connectivity index (χ2v) is 7.05. The topological polar surface area (TPSA) is 50.9 Å². The van der Waals surface area contributed by atoms with E-state index in [0.29, 0.717) is 18.8 Å². The highest BCUT2D eigenvalue weighted by atomic mass is 35.5. The van der Waals surface area contributed by atoms with E-state index in [1.165, 1.54) is 18.5 Å². The zero-order chi connectivity index (χ0) is 16.5. The smallest absolute Gasteiger partial charge is 0.137 e. The van der Waals surface area contributed by atoms with Gasteiger partial charge in [-0.25, -0.2) is 9.37 Å². The minimum absolute atomic E-state index is 0.0425. The number of aromatic nitrogens is 3. The van der Waals surface area contributed by atoms with E-state index in [4.69, 9.17) is 11.6 Å². The number of halogens is 2. The molecule has 0 radical (unpaired) electrons. The van der Waals surface area contributed by atoms with Gasteiger partial charge in [-0.3, -0.25) is 4.68 Å². The maximum Gasteiger partial charge on any atom is 0.137 e. The Morgan fingerprint density at radius 2 is 2.13 bits per heavy atom. The van der Waals surface area contributed by atoms with Crippen molar-refractivity contribution in [3.05, 3.63) is 48.3 Å². The van der Waals surface area contributed by atoms with E-state index in [1.807, 2.05) is 6.92 Å². The first kappa shape index (κ1) is 16.4. The fraction of sp³-hybridized carbons (Fsp3) is 0.529. The summed E-state index contributed by atoms with van der Waals surface area (Å²) in [6, 6.07) is 6.48. The van der Waals surface area contributed by atoms with Gasteiger partial charge in [0.1, 0.15) is 18.5 Å². The summed E-state index contributed by atoms with van der Waals surface area (Å²) in [6.45, 7) is 2.39. The maximum absolute atomic E-state index is 13.1.